The largest absolute Gasteiger partial charge is 0.478 e. The maximum absolute atomic E-state index is 13.0. The Morgan fingerprint density at radius 1 is 1.21 bits per heavy atom. The van der Waals surface area contributed by atoms with Crippen LogP contribution >= 0.6 is 0 Å². The van der Waals surface area contributed by atoms with Gasteiger partial charge < -0.3 is 15.5 Å². The summed E-state index contributed by atoms with van der Waals surface area (Å²) in [6.45, 7) is 6.21. The van der Waals surface area contributed by atoms with Gasteiger partial charge in [0.25, 0.3) is 0 Å². The van der Waals surface area contributed by atoms with Gasteiger partial charge in [-0.25, -0.2) is 9.59 Å². The number of carboxylic acids is 2. The van der Waals surface area contributed by atoms with E-state index in [2.05, 4.69) is 10.2 Å². The van der Waals surface area contributed by atoms with Crippen LogP contribution in [0.5, 0.6) is 0 Å². The van der Waals surface area contributed by atoms with Crippen molar-refractivity contribution >= 4 is 11.9 Å². The highest BCUT2D eigenvalue weighted by molar-refractivity contribution is 5.89. The molecule has 1 aliphatic heterocycles. The Morgan fingerprint density at radius 3 is 2.21 bits per heavy atom. The highest BCUT2D eigenvalue weighted by atomic mass is 19.4. The summed E-state index contributed by atoms with van der Waals surface area (Å²) in [5.41, 5.74) is -0.155. The van der Waals surface area contributed by atoms with Crippen molar-refractivity contribution in [2.24, 2.45) is 0 Å². The molecule has 1 saturated heterocycles. The fourth-order valence-electron chi connectivity index (χ4n) is 2.93. The van der Waals surface area contributed by atoms with E-state index in [1.165, 1.54) is 12.1 Å². The number of nitrogens with zero attached hydrogens (tertiary/aromatic N) is 1. The van der Waals surface area contributed by atoms with Crippen molar-refractivity contribution in [3.05, 3.63) is 47.5 Å². The number of aliphatic carboxylic acids is 2. The Bertz CT molecular complexity index is 668. The minimum absolute atomic E-state index is 0.223. The number of carbonyl (C=O) groups is 2. The first kappa shape index (κ1) is 23.6. The Kier molecular flexibility index (Phi) is 9.14. The van der Waals surface area contributed by atoms with Crippen LogP contribution in [0.25, 0.3) is 0 Å². The lowest BCUT2D eigenvalue weighted by molar-refractivity contribution is -0.138. The molecule has 0 amide bonds. The summed E-state index contributed by atoms with van der Waals surface area (Å²) in [7, 11) is 0. The monoisotopic (exact) mass is 402 g/mol. The molecule has 1 aromatic rings. The zero-order valence-electron chi connectivity index (χ0n) is 15.7. The molecule has 1 atom stereocenters. The van der Waals surface area contributed by atoms with Crippen molar-refractivity contribution in [2.45, 2.75) is 45.1 Å². The van der Waals surface area contributed by atoms with Crippen LogP contribution in [-0.2, 0) is 22.3 Å². The van der Waals surface area contributed by atoms with Crippen molar-refractivity contribution in [1.29, 1.82) is 0 Å². The Balaban J connectivity index is 0.000000416. The minimum atomic E-state index is -4.28. The number of hydrogen-bond donors (Lipinski definition) is 3. The summed E-state index contributed by atoms with van der Waals surface area (Å²) < 4.78 is 39.1. The number of halogens is 3. The first-order valence-corrected chi connectivity index (χ1v) is 8.77. The van der Waals surface area contributed by atoms with E-state index in [-0.39, 0.29) is 6.04 Å². The smallest absolute Gasteiger partial charge is 0.416 e. The predicted octanol–water partition coefficient (Wildman–Crippen LogP) is 2.99. The number of hydrogen-bond acceptors (Lipinski definition) is 4. The maximum Gasteiger partial charge on any atom is 0.416 e. The number of nitrogens with one attached hydrogen (secondary N) is 1. The van der Waals surface area contributed by atoms with E-state index in [9.17, 15) is 22.8 Å². The summed E-state index contributed by atoms with van der Waals surface area (Å²) >= 11 is 0. The first-order chi connectivity index (χ1) is 13.0. The second-order valence-electron chi connectivity index (χ2n) is 6.58. The molecule has 1 aromatic carbocycles. The van der Waals surface area contributed by atoms with Gasteiger partial charge in [-0.15, -0.1) is 0 Å². The van der Waals surface area contributed by atoms with Crippen LogP contribution in [0.1, 0.15) is 31.4 Å². The van der Waals surface area contributed by atoms with Crippen LogP contribution in [0.4, 0.5) is 13.2 Å². The molecule has 0 saturated carbocycles. The fraction of sp³-hybridized carbons (Fsp3) is 0.474. The van der Waals surface area contributed by atoms with E-state index in [0.29, 0.717) is 30.3 Å². The van der Waals surface area contributed by atoms with Gasteiger partial charge in [0.2, 0.25) is 0 Å². The van der Waals surface area contributed by atoms with Gasteiger partial charge in [0.1, 0.15) is 0 Å². The van der Waals surface area contributed by atoms with Crippen LogP contribution in [0.15, 0.2) is 36.4 Å². The lowest BCUT2D eigenvalue weighted by Crippen LogP contribution is -2.41. The van der Waals surface area contributed by atoms with Crippen molar-refractivity contribution in [1.82, 2.24) is 10.2 Å². The second-order valence-corrected chi connectivity index (χ2v) is 6.58. The van der Waals surface area contributed by atoms with Gasteiger partial charge in [-0.05, 0) is 38.4 Å². The Hall–Kier alpha value is -2.39. The molecule has 3 N–H and O–H groups in total. The molecule has 0 radical (unpaired) electrons. The molecular formula is C19H25F3N2O4. The zero-order chi connectivity index (χ0) is 21.3. The van der Waals surface area contributed by atoms with Crippen molar-refractivity contribution in [3.8, 4) is 0 Å². The molecule has 28 heavy (non-hydrogen) atoms. The van der Waals surface area contributed by atoms with Crippen LogP contribution < -0.4 is 5.32 Å². The molecule has 6 nitrogen and oxygen atoms in total. The number of alkyl halides is 3. The SMILES string of the molecule is CC(C)N(Cc1ccccc1C(F)(F)F)C1CCNC1.O=C(O)/C=C/C(=O)O. The quantitative estimate of drug-likeness (QED) is 0.634. The summed E-state index contributed by atoms with van der Waals surface area (Å²) in [6.07, 6.45) is -2.18. The molecule has 1 unspecified atom stereocenters. The van der Waals surface area contributed by atoms with Gasteiger partial charge in [-0.2, -0.15) is 13.2 Å². The van der Waals surface area contributed by atoms with Gasteiger partial charge in [0.05, 0.1) is 5.56 Å². The molecule has 9 heteroatoms. The summed E-state index contributed by atoms with van der Waals surface area (Å²) in [5.74, 6) is -2.51. The van der Waals surface area contributed by atoms with E-state index < -0.39 is 23.7 Å². The molecule has 1 fully saturated rings. The normalized spacial score (nSPS) is 17.0. The summed E-state index contributed by atoms with van der Waals surface area (Å²) in [4.78, 5) is 21.3. The van der Waals surface area contributed by atoms with Crippen molar-refractivity contribution < 1.29 is 33.0 Å². The Labute approximate surface area is 161 Å². The van der Waals surface area contributed by atoms with Gasteiger partial charge >= 0.3 is 18.1 Å². The van der Waals surface area contributed by atoms with E-state index >= 15 is 0 Å². The third-order valence-corrected chi connectivity index (χ3v) is 4.21. The van der Waals surface area contributed by atoms with E-state index in [0.717, 1.165) is 19.5 Å². The molecule has 1 aliphatic rings. The van der Waals surface area contributed by atoms with E-state index in [4.69, 9.17) is 10.2 Å². The molecular weight excluding hydrogens is 377 g/mol. The van der Waals surface area contributed by atoms with E-state index in [1.807, 2.05) is 13.8 Å². The fourth-order valence-corrected chi connectivity index (χ4v) is 2.93. The van der Waals surface area contributed by atoms with Gasteiger partial charge in [0, 0.05) is 37.3 Å². The molecule has 0 aliphatic carbocycles. The average Bonchev–Trinajstić information content (AvgIpc) is 3.12. The lowest BCUT2D eigenvalue weighted by Gasteiger charge is -2.33. The van der Waals surface area contributed by atoms with E-state index in [1.54, 1.807) is 12.1 Å². The molecule has 0 spiro atoms. The zero-order valence-corrected chi connectivity index (χ0v) is 15.7. The minimum Gasteiger partial charge on any atom is -0.478 e. The number of benzene rings is 1. The second kappa shape index (κ2) is 10.8. The maximum atomic E-state index is 13.0. The van der Waals surface area contributed by atoms with Crippen LogP contribution in [-0.4, -0.2) is 52.2 Å². The predicted molar refractivity (Wildman–Crippen MR) is 97.8 cm³/mol. The van der Waals surface area contributed by atoms with Gasteiger partial charge in [0.15, 0.2) is 0 Å². The molecule has 156 valence electrons. The van der Waals surface area contributed by atoms with Gasteiger partial charge in [-0.1, -0.05) is 18.2 Å². The summed E-state index contributed by atoms with van der Waals surface area (Å²) in [6, 6.07) is 6.41. The lowest BCUT2D eigenvalue weighted by atomic mass is 10.0. The number of rotatable bonds is 6. The third-order valence-electron chi connectivity index (χ3n) is 4.21. The van der Waals surface area contributed by atoms with Crippen molar-refractivity contribution in [2.75, 3.05) is 13.1 Å². The highest BCUT2D eigenvalue weighted by Crippen LogP contribution is 2.33. The van der Waals surface area contributed by atoms with Crippen LogP contribution in [0.3, 0.4) is 0 Å². The summed E-state index contributed by atoms with van der Waals surface area (Å²) in [5, 5.41) is 18.9. The topological polar surface area (TPSA) is 89.9 Å². The van der Waals surface area contributed by atoms with Crippen molar-refractivity contribution in [3.63, 3.8) is 0 Å². The molecule has 2 rings (SSSR count). The first-order valence-electron chi connectivity index (χ1n) is 8.77. The van der Waals surface area contributed by atoms with Gasteiger partial charge in [-0.3, -0.25) is 4.90 Å². The number of carboxylic acid groups (broad SMARTS) is 2. The average molecular weight is 402 g/mol. The molecule has 0 aromatic heterocycles. The standard InChI is InChI=1S/C15H21F3N2.C4H4O4/c1-11(2)20(13-7-8-19-9-13)10-12-5-3-4-6-14(12)15(16,17)18;5-3(6)1-2-4(7)8/h3-6,11,13,19H,7-10H2,1-2H3;1-2H,(H,5,6)(H,7,8)/b;2-1+. The highest BCUT2D eigenvalue weighted by Gasteiger charge is 2.34. The third kappa shape index (κ3) is 8.10. The van der Waals surface area contributed by atoms with Crippen LogP contribution in [0.2, 0.25) is 0 Å². The molecule has 1 heterocycles. The van der Waals surface area contributed by atoms with Crippen LogP contribution in [0, 0.1) is 0 Å². The Morgan fingerprint density at radius 2 is 1.79 bits per heavy atom. The molecule has 0 bridgehead atoms.